The zero-order valence-corrected chi connectivity index (χ0v) is 21.8. The number of hydrogen-bond acceptors (Lipinski definition) is 6. The molecule has 0 unspecified atom stereocenters. The number of phenols is 1. The zero-order chi connectivity index (χ0) is 26.9. The number of allylic oxidation sites excluding steroid dienone is 2. The van der Waals surface area contributed by atoms with Crippen molar-refractivity contribution in [3.63, 3.8) is 0 Å². The maximum Gasteiger partial charge on any atom is 0.257 e. The molecule has 3 aromatic rings. The van der Waals surface area contributed by atoms with E-state index in [1.54, 1.807) is 18.2 Å². The molecule has 0 bridgehead atoms. The third kappa shape index (κ3) is 4.56. The van der Waals surface area contributed by atoms with E-state index in [4.69, 9.17) is 10.5 Å². The van der Waals surface area contributed by atoms with Crippen molar-refractivity contribution in [2.45, 2.75) is 38.6 Å². The molecule has 0 saturated carbocycles. The number of Topliss-reactive ketones (excluding diaryl/α,β-unsaturated/α-hetero) is 1. The van der Waals surface area contributed by atoms with Gasteiger partial charge in [-0.05, 0) is 87.2 Å². The molecule has 8 nitrogen and oxygen atoms in total. The Kier molecular flexibility index (Phi) is 6.99. The number of aromatic amines is 1. The van der Waals surface area contributed by atoms with Crippen LogP contribution in [0.1, 0.15) is 48.3 Å². The fourth-order valence-electron chi connectivity index (χ4n) is 5.43. The Morgan fingerprint density at radius 2 is 2.03 bits per heavy atom. The molecular formula is C30H34N4O4. The molecule has 0 saturated heterocycles. The third-order valence-electron chi connectivity index (χ3n) is 7.71. The lowest BCUT2D eigenvalue weighted by atomic mass is 9.78. The van der Waals surface area contributed by atoms with Gasteiger partial charge in [0.15, 0.2) is 12.4 Å². The normalized spacial score (nSPS) is 18.3. The van der Waals surface area contributed by atoms with Crippen LogP contribution in [0.3, 0.4) is 0 Å². The second kappa shape index (κ2) is 10.4. The predicted octanol–water partition coefficient (Wildman–Crippen LogP) is 3.91. The minimum Gasteiger partial charge on any atom is -0.507 e. The van der Waals surface area contributed by atoms with Gasteiger partial charge in [0.2, 0.25) is 0 Å². The first-order chi connectivity index (χ1) is 18.3. The van der Waals surface area contributed by atoms with E-state index < -0.39 is 5.54 Å². The molecule has 0 radical (unpaired) electrons. The summed E-state index contributed by atoms with van der Waals surface area (Å²) in [6, 6.07) is 12.5. The lowest BCUT2D eigenvalue weighted by molar-refractivity contribution is -0.123. The van der Waals surface area contributed by atoms with E-state index in [-0.39, 0.29) is 24.0 Å². The summed E-state index contributed by atoms with van der Waals surface area (Å²) >= 11 is 0. The maximum atomic E-state index is 13.2. The van der Waals surface area contributed by atoms with Gasteiger partial charge in [-0.2, -0.15) is 0 Å². The Labute approximate surface area is 222 Å². The van der Waals surface area contributed by atoms with Crippen LogP contribution in [0.15, 0.2) is 65.9 Å². The number of carbonyl (C=O) groups is 2. The average molecular weight is 515 g/mol. The first-order valence-corrected chi connectivity index (χ1v) is 13.1. The van der Waals surface area contributed by atoms with Crippen LogP contribution in [0.2, 0.25) is 0 Å². The summed E-state index contributed by atoms with van der Waals surface area (Å²) in [6.45, 7) is 6.12. The van der Waals surface area contributed by atoms with E-state index in [2.05, 4.69) is 22.1 Å². The number of nitrogens with one attached hydrogen (secondary N) is 2. The number of aromatic hydroxyl groups is 1. The van der Waals surface area contributed by atoms with Crippen LogP contribution in [-0.2, 0) is 16.8 Å². The van der Waals surface area contributed by atoms with E-state index in [9.17, 15) is 14.7 Å². The average Bonchev–Trinajstić information content (AvgIpc) is 3.29. The van der Waals surface area contributed by atoms with Crippen molar-refractivity contribution >= 4 is 22.6 Å². The van der Waals surface area contributed by atoms with Crippen LogP contribution in [-0.4, -0.2) is 52.9 Å². The molecule has 2 aliphatic heterocycles. The first-order valence-electron chi connectivity index (χ1n) is 13.1. The SMILES string of the molecule is CC1=CC(C(=O)c2ccccc2O)=CN2CCc3c([nH]c4ccc(OCC(=O)NCCCCN)cc34)[C@]12C. The molecule has 38 heavy (non-hydrogen) atoms. The molecule has 0 spiro atoms. The summed E-state index contributed by atoms with van der Waals surface area (Å²) < 4.78 is 5.80. The Morgan fingerprint density at radius 1 is 1.21 bits per heavy atom. The molecule has 1 aromatic heterocycles. The number of carbonyl (C=O) groups excluding carboxylic acids is 2. The van der Waals surface area contributed by atoms with Crippen molar-refractivity contribution in [3.05, 3.63) is 82.7 Å². The first kappa shape index (κ1) is 25.6. The predicted molar refractivity (Wildman–Crippen MR) is 147 cm³/mol. The molecule has 2 aliphatic rings. The number of hydrogen-bond donors (Lipinski definition) is 4. The second-order valence-electron chi connectivity index (χ2n) is 10.1. The topological polar surface area (TPSA) is 121 Å². The van der Waals surface area contributed by atoms with Crippen molar-refractivity contribution in [2.75, 3.05) is 26.2 Å². The molecule has 5 rings (SSSR count). The summed E-state index contributed by atoms with van der Waals surface area (Å²) in [5, 5.41) is 14.1. The van der Waals surface area contributed by atoms with Crippen molar-refractivity contribution in [1.82, 2.24) is 15.2 Å². The van der Waals surface area contributed by atoms with Crippen LogP contribution in [0.5, 0.6) is 11.5 Å². The highest BCUT2D eigenvalue weighted by Crippen LogP contribution is 2.46. The van der Waals surface area contributed by atoms with Gasteiger partial charge in [-0.15, -0.1) is 0 Å². The van der Waals surface area contributed by atoms with Gasteiger partial charge < -0.3 is 30.8 Å². The number of benzene rings is 2. The largest absolute Gasteiger partial charge is 0.507 e. The maximum absolute atomic E-state index is 13.2. The number of aromatic nitrogens is 1. The van der Waals surface area contributed by atoms with Crippen LogP contribution >= 0.6 is 0 Å². The van der Waals surface area contributed by atoms with Crippen molar-refractivity contribution in [2.24, 2.45) is 5.73 Å². The number of para-hydroxylation sites is 1. The molecule has 5 N–H and O–H groups in total. The Morgan fingerprint density at radius 3 is 2.82 bits per heavy atom. The molecule has 1 amide bonds. The zero-order valence-electron chi connectivity index (χ0n) is 21.8. The van der Waals surface area contributed by atoms with Crippen LogP contribution in [0, 0.1) is 0 Å². The molecular weight excluding hydrogens is 480 g/mol. The van der Waals surface area contributed by atoms with E-state index >= 15 is 0 Å². The summed E-state index contributed by atoms with van der Waals surface area (Å²) in [5.41, 5.74) is 10.2. The monoisotopic (exact) mass is 514 g/mol. The highest BCUT2D eigenvalue weighted by atomic mass is 16.5. The molecule has 2 aromatic carbocycles. The third-order valence-corrected chi connectivity index (χ3v) is 7.71. The van der Waals surface area contributed by atoms with Crippen molar-refractivity contribution in [1.29, 1.82) is 0 Å². The number of ether oxygens (including phenoxy) is 1. The molecule has 0 aliphatic carbocycles. The number of unbranched alkanes of at least 4 members (excludes halogenated alkanes) is 1. The Balaban J connectivity index is 1.37. The van der Waals surface area contributed by atoms with Crippen LogP contribution in [0.4, 0.5) is 0 Å². The van der Waals surface area contributed by atoms with Gasteiger partial charge in [-0.25, -0.2) is 0 Å². The quantitative estimate of drug-likeness (QED) is 0.254. The van der Waals surface area contributed by atoms with E-state index in [0.717, 1.165) is 48.0 Å². The number of nitrogens with zero attached hydrogens (tertiary/aromatic N) is 1. The van der Waals surface area contributed by atoms with Crippen molar-refractivity contribution < 1.29 is 19.4 Å². The number of fused-ring (bicyclic) bond motifs is 5. The molecule has 3 heterocycles. The van der Waals surface area contributed by atoms with Gasteiger partial charge in [-0.3, -0.25) is 9.59 Å². The van der Waals surface area contributed by atoms with E-state index in [1.165, 1.54) is 11.6 Å². The highest BCUT2D eigenvalue weighted by molar-refractivity contribution is 6.12. The van der Waals surface area contributed by atoms with Gasteiger partial charge in [0.25, 0.3) is 5.91 Å². The number of H-pyrrole nitrogens is 1. The highest BCUT2D eigenvalue weighted by Gasteiger charge is 2.43. The lowest BCUT2D eigenvalue weighted by Crippen LogP contribution is -2.48. The van der Waals surface area contributed by atoms with Crippen LogP contribution < -0.4 is 15.8 Å². The standard InChI is InChI=1S/C30H34N4O4/c1-19-15-20(28(37)23-7-3-4-8-26(23)35)17-34-14-11-22-24-16-21(38-18-27(36)32-13-6-5-12-31)9-10-25(24)33-29(22)30(19,34)2/h3-4,7-10,15-17,33,35H,5-6,11-14,18,31H2,1-2H3,(H,32,36)/t30-/m0/s1. The number of rotatable bonds is 9. The molecule has 8 heteroatoms. The molecule has 198 valence electrons. The summed E-state index contributed by atoms with van der Waals surface area (Å²) in [7, 11) is 0. The molecule has 0 fully saturated rings. The minimum atomic E-state index is -0.445. The lowest BCUT2D eigenvalue weighted by Gasteiger charge is -2.47. The molecule has 1 atom stereocenters. The fraction of sp³-hybridized carbons (Fsp3) is 0.333. The summed E-state index contributed by atoms with van der Waals surface area (Å²) in [4.78, 5) is 31.2. The van der Waals surface area contributed by atoms with Crippen molar-refractivity contribution in [3.8, 4) is 11.5 Å². The Hall–Kier alpha value is -4.04. The van der Waals surface area contributed by atoms with E-state index in [0.29, 0.717) is 30.0 Å². The fourth-order valence-corrected chi connectivity index (χ4v) is 5.43. The summed E-state index contributed by atoms with van der Waals surface area (Å²) in [6.07, 6.45) is 6.36. The summed E-state index contributed by atoms with van der Waals surface area (Å²) in [5.74, 6) is 0.286. The van der Waals surface area contributed by atoms with Gasteiger partial charge >= 0.3 is 0 Å². The van der Waals surface area contributed by atoms with Crippen LogP contribution in [0.25, 0.3) is 10.9 Å². The van der Waals surface area contributed by atoms with Gasteiger partial charge in [-0.1, -0.05) is 12.1 Å². The Bertz CT molecular complexity index is 1450. The number of phenolic OH excluding ortho intramolecular Hbond substituents is 1. The minimum absolute atomic E-state index is 0.0172. The number of amides is 1. The van der Waals surface area contributed by atoms with E-state index in [1.807, 2.05) is 37.4 Å². The smallest absolute Gasteiger partial charge is 0.257 e. The number of ketones is 1. The van der Waals surface area contributed by atoms with Gasteiger partial charge in [0.1, 0.15) is 11.5 Å². The number of nitrogens with two attached hydrogens (primary N) is 1. The van der Waals surface area contributed by atoms with Gasteiger partial charge in [0.05, 0.1) is 11.1 Å². The second-order valence-corrected chi connectivity index (χ2v) is 10.1. The van der Waals surface area contributed by atoms with Gasteiger partial charge in [0, 0.05) is 41.5 Å².